The number of piperazine rings is 1. The van der Waals surface area contributed by atoms with Gasteiger partial charge in [0.25, 0.3) is 0 Å². The molecule has 0 aromatic heterocycles. The lowest BCUT2D eigenvalue weighted by molar-refractivity contribution is -0.133. The first-order valence-electron chi connectivity index (χ1n) is 10.0. The van der Waals surface area contributed by atoms with E-state index in [1.54, 1.807) is 11.0 Å². The summed E-state index contributed by atoms with van der Waals surface area (Å²) in [5, 5.41) is 3.53. The third kappa shape index (κ3) is 6.83. The Morgan fingerprint density at radius 1 is 0.938 bits per heavy atom. The van der Waals surface area contributed by atoms with Crippen molar-refractivity contribution in [2.24, 2.45) is 0 Å². The first-order chi connectivity index (χ1) is 15.2. The van der Waals surface area contributed by atoms with Crippen LogP contribution >= 0.6 is 23.2 Å². The highest BCUT2D eigenvalue weighted by Crippen LogP contribution is 2.19. The van der Waals surface area contributed by atoms with E-state index in [-0.39, 0.29) is 30.3 Å². The average molecular weight is 499 g/mol. The second kappa shape index (κ2) is 11.0. The average Bonchev–Trinajstić information content (AvgIpc) is 2.78. The third-order valence-electron chi connectivity index (χ3n) is 5.01. The maximum Gasteiger partial charge on any atom is 0.242 e. The number of sulfonamides is 1. The summed E-state index contributed by atoms with van der Waals surface area (Å²) in [6.45, 7) is 2.27. The number of carbonyl (C=O) groups excluding carboxylic acids is 2. The van der Waals surface area contributed by atoms with Crippen molar-refractivity contribution in [2.75, 3.05) is 44.2 Å². The van der Waals surface area contributed by atoms with Crippen LogP contribution in [0.2, 0.25) is 10.0 Å². The molecule has 32 heavy (non-hydrogen) atoms. The highest BCUT2D eigenvalue weighted by molar-refractivity contribution is 7.89. The van der Waals surface area contributed by atoms with E-state index in [0.717, 1.165) is 5.69 Å². The van der Waals surface area contributed by atoms with Gasteiger partial charge in [0, 0.05) is 54.9 Å². The molecular weight excluding hydrogens is 475 g/mol. The van der Waals surface area contributed by atoms with E-state index in [0.29, 0.717) is 36.2 Å². The Morgan fingerprint density at radius 2 is 1.62 bits per heavy atom. The minimum Gasteiger partial charge on any atom is -0.368 e. The van der Waals surface area contributed by atoms with Crippen LogP contribution in [0.1, 0.15) is 6.42 Å². The van der Waals surface area contributed by atoms with Gasteiger partial charge in [-0.1, -0.05) is 29.3 Å². The summed E-state index contributed by atoms with van der Waals surface area (Å²) in [7, 11) is -3.76. The second-order valence-electron chi connectivity index (χ2n) is 7.23. The van der Waals surface area contributed by atoms with Crippen molar-refractivity contribution in [2.45, 2.75) is 11.3 Å². The fourth-order valence-electron chi connectivity index (χ4n) is 3.26. The van der Waals surface area contributed by atoms with Crippen molar-refractivity contribution in [3.05, 3.63) is 58.6 Å². The van der Waals surface area contributed by atoms with Gasteiger partial charge < -0.3 is 15.1 Å². The summed E-state index contributed by atoms with van der Waals surface area (Å²) < 4.78 is 26.8. The number of nitrogens with zero attached hydrogens (tertiary/aromatic N) is 2. The van der Waals surface area contributed by atoms with Crippen molar-refractivity contribution >= 4 is 50.7 Å². The molecule has 2 amide bonds. The SMILES string of the molecule is O=C(CCNS(=O)(=O)c1cccc(Cl)c1)NCC(=O)N1CCN(c2ccc(Cl)cc2)CC1. The lowest BCUT2D eigenvalue weighted by Crippen LogP contribution is -2.51. The Morgan fingerprint density at radius 3 is 2.28 bits per heavy atom. The topological polar surface area (TPSA) is 98.8 Å². The highest BCUT2D eigenvalue weighted by Gasteiger charge is 2.21. The Hall–Kier alpha value is -2.33. The molecule has 0 unspecified atom stereocenters. The monoisotopic (exact) mass is 498 g/mol. The smallest absolute Gasteiger partial charge is 0.242 e. The van der Waals surface area contributed by atoms with Crippen LogP contribution in [0.25, 0.3) is 0 Å². The van der Waals surface area contributed by atoms with E-state index in [1.165, 1.54) is 18.2 Å². The molecule has 2 aromatic carbocycles. The van der Waals surface area contributed by atoms with Crippen molar-refractivity contribution in [1.82, 2.24) is 14.9 Å². The van der Waals surface area contributed by atoms with Crippen molar-refractivity contribution < 1.29 is 18.0 Å². The minimum atomic E-state index is -3.76. The van der Waals surface area contributed by atoms with Gasteiger partial charge in [-0.15, -0.1) is 0 Å². The molecule has 1 aliphatic rings. The summed E-state index contributed by atoms with van der Waals surface area (Å²) in [4.78, 5) is 28.3. The van der Waals surface area contributed by atoms with Crippen LogP contribution in [-0.4, -0.2) is 64.4 Å². The number of hydrogen-bond acceptors (Lipinski definition) is 5. The van der Waals surface area contributed by atoms with Crippen LogP contribution in [-0.2, 0) is 19.6 Å². The molecule has 0 atom stereocenters. The molecule has 3 rings (SSSR count). The summed E-state index contributed by atoms with van der Waals surface area (Å²) >= 11 is 11.7. The fraction of sp³-hybridized carbons (Fsp3) is 0.333. The molecule has 0 spiro atoms. The molecule has 1 saturated heterocycles. The Kier molecular flexibility index (Phi) is 8.36. The van der Waals surface area contributed by atoms with E-state index in [2.05, 4.69) is 14.9 Å². The van der Waals surface area contributed by atoms with Crippen LogP contribution in [0.5, 0.6) is 0 Å². The van der Waals surface area contributed by atoms with E-state index in [1.807, 2.05) is 24.3 Å². The van der Waals surface area contributed by atoms with E-state index < -0.39 is 15.9 Å². The lowest BCUT2D eigenvalue weighted by atomic mass is 10.2. The maximum absolute atomic E-state index is 12.4. The van der Waals surface area contributed by atoms with Gasteiger partial charge in [0.05, 0.1) is 11.4 Å². The number of benzene rings is 2. The number of amides is 2. The van der Waals surface area contributed by atoms with Crippen molar-refractivity contribution in [3.63, 3.8) is 0 Å². The Bertz CT molecular complexity index is 1060. The quantitative estimate of drug-likeness (QED) is 0.580. The van der Waals surface area contributed by atoms with Gasteiger partial charge in [0.1, 0.15) is 0 Å². The largest absolute Gasteiger partial charge is 0.368 e. The van der Waals surface area contributed by atoms with Crippen LogP contribution in [0, 0.1) is 0 Å². The predicted octanol–water partition coefficient (Wildman–Crippen LogP) is 2.13. The van der Waals surface area contributed by atoms with Crippen LogP contribution < -0.4 is 14.9 Å². The molecule has 1 fully saturated rings. The molecule has 0 saturated carbocycles. The molecule has 1 aliphatic heterocycles. The van der Waals surface area contributed by atoms with Crippen molar-refractivity contribution in [1.29, 1.82) is 0 Å². The number of rotatable bonds is 8. The number of anilines is 1. The van der Waals surface area contributed by atoms with Gasteiger partial charge in [-0.3, -0.25) is 9.59 Å². The van der Waals surface area contributed by atoms with Crippen LogP contribution in [0.4, 0.5) is 5.69 Å². The number of nitrogens with one attached hydrogen (secondary N) is 2. The van der Waals surface area contributed by atoms with Crippen molar-refractivity contribution in [3.8, 4) is 0 Å². The highest BCUT2D eigenvalue weighted by atomic mass is 35.5. The third-order valence-corrected chi connectivity index (χ3v) is 6.96. The molecule has 0 aliphatic carbocycles. The van der Waals surface area contributed by atoms with Gasteiger partial charge in [-0.05, 0) is 42.5 Å². The van der Waals surface area contributed by atoms with E-state index in [9.17, 15) is 18.0 Å². The summed E-state index contributed by atoms with van der Waals surface area (Å²) in [6.07, 6.45) is -0.0859. The molecule has 0 bridgehead atoms. The van der Waals surface area contributed by atoms with E-state index in [4.69, 9.17) is 23.2 Å². The first-order valence-corrected chi connectivity index (χ1v) is 12.3. The van der Waals surface area contributed by atoms with Crippen LogP contribution in [0.15, 0.2) is 53.4 Å². The zero-order valence-corrected chi connectivity index (χ0v) is 19.6. The van der Waals surface area contributed by atoms with Gasteiger partial charge in [-0.25, -0.2) is 13.1 Å². The van der Waals surface area contributed by atoms with Gasteiger partial charge in [0.2, 0.25) is 21.8 Å². The summed E-state index contributed by atoms with van der Waals surface area (Å²) in [5.41, 5.74) is 1.05. The maximum atomic E-state index is 12.4. The second-order valence-corrected chi connectivity index (χ2v) is 9.87. The predicted molar refractivity (Wildman–Crippen MR) is 125 cm³/mol. The summed E-state index contributed by atoms with van der Waals surface area (Å²) in [5.74, 6) is -0.583. The normalized spacial score (nSPS) is 14.3. The summed E-state index contributed by atoms with van der Waals surface area (Å²) in [6, 6.07) is 13.4. The number of halogens is 2. The molecule has 2 N–H and O–H groups in total. The van der Waals surface area contributed by atoms with E-state index >= 15 is 0 Å². The molecular formula is C21H24Cl2N4O4S. The van der Waals surface area contributed by atoms with Gasteiger partial charge in [0.15, 0.2) is 0 Å². The van der Waals surface area contributed by atoms with Crippen LogP contribution in [0.3, 0.4) is 0 Å². The molecule has 172 valence electrons. The molecule has 8 nitrogen and oxygen atoms in total. The van der Waals surface area contributed by atoms with Gasteiger partial charge >= 0.3 is 0 Å². The number of carbonyl (C=O) groups is 2. The molecule has 0 radical (unpaired) electrons. The fourth-order valence-corrected chi connectivity index (χ4v) is 4.72. The standard InChI is InChI=1S/C21H24Cl2N4O4S/c22-16-4-6-18(7-5-16)26-10-12-27(13-11-26)21(29)15-24-20(28)8-9-25-32(30,31)19-3-1-2-17(23)14-19/h1-7,14,25H,8-13,15H2,(H,24,28). The molecule has 1 heterocycles. The molecule has 11 heteroatoms. The Balaban J connectivity index is 1.37. The zero-order chi connectivity index (χ0) is 23.1. The lowest BCUT2D eigenvalue weighted by Gasteiger charge is -2.36. The molecule has 2 aromatic rings. The minimum absolute atomic E-state index is 0.0262. The zero-order valence-electron chi connectivity index (χ0n) is 17.3. The van der Waals surface area contributed by atoms with Gasteiger partial charge in [-0.2, -0.15) is 0 Å². The Labute approximate surface area is 197 Å². The first kappa shape index (κ1) is 24.3. The number of hydrogen-bond donors (Lipinski definition) is 2.